The van der Waals surface area contributed by atoms with Crippen LogP contribution in [0.2, 0.25) is 0 Å². The molecule has 1 aromatic rings. The third-order valence-electron chi connectivity index (χ3n) is 4.25. The van der Waals surface area contributed by atoms with E-state index in [1.807, 2.05) is 12.3 Å². The van der Waals surface area contributed by atoms with Gasteiger partial charge in [0.15, 0.2) is 0 Å². The van der Waals surface area contributed by atoms with Gasteiger partial charge in [-0.3, -0.25) is 0 Å². The molecule has 1 saturated carbocycles. The Morgan fingerprint density at radius 2 is 2.11 bits per heavy atom. The zero-order valence-electron chi connectivity index (χ0n) is 11.5. The van der Waals surface area contributed by atoms with Crippen molar-refractivity contribution in [1.29, 1.82) is 0 Å². The monoisotopic (exact) mass is 248 g/mol. The van der Waals surface area contributed by atoms with Crippen molar-refractivity contribution < 1.29 is 4.74 Å². The summed E-state index contributed by atoms with van der Waals surface area (Å²) in [6.07, 6.45) is 8.76. The number of nitrogens with one attached hydrogen (secondary N) is 1. The van der Waals surface area contributed by atoms with Crippen molar-refractivity contribution in [3.63, 3.8) is 0 Å². The maximum Gasteiger partial charge on any atom is 0.212 e. The number of hydrogen-bond donors (Lipinski definition) is 1. The van der Waals surface area contributed by atoms with Crippen molar-refractivity contribution in [2.45, 2.75) is 45.6 Å². The van der Waals surface area contributed by atoms with Gasteiger partial charge in [0.25, 0.3) is 0 Å². The normalized spacial score (nSPS) is 17.9. The minimum Gasteiger partial charge on any atom is -0.481 e. The third kappa shape index (κ3) is 3.22. The Kier molecular flexibility index (Phi) is 4.59. The molecule has 2 rings (SSSR count). The highest BCUT2D eigenvalue weighted by Gasteiger charge is 2.31. The Hall–Kier alpha value is -1.09. The van der Waals surface area contributed by atoms with Crippen LogP contribution in [0.25, 0.3) is 0 Å². The molecule has 0 unspecified atom stereocenters. The fourth-order valence-electron chi connectivity index (χ4n) is 2.89. The van der Waals surface area contributed by atoms with Crippen molar-refractivity contribution in [3.8, 4) is 5.88 Å². The predicted octanol–water partition coefficient (Wildman–Crippen LogP) is 3.15. The van der Waals surface area contributed by atoms with Gasteiger partial charge >= 0.3 is 0 Å². The first-order chi connectivity index (χ1) is 8.78. The molecule has 1 fully saturated rings. The Balaban J connectivity index is 1.80. The van der Waals surface area contributed by atoms with Crippen molar-refractivity contribution in [2.24, 2.45) is 5.41 Å². The van der Waals surface area contributed by atoms with E-state index in [9.17, 15) is 0 Å². The molecule has 0 aliphatic heterocycles. The minimum atomic E-state index is 0.555. The summed E-state index contributed by atoms with van der Waals surface area (Å²) in [6, 6.07) is 3.99. The van der Waals surface area contributed by atoms with E-state index in [0.717, 1.165) is 13.1 Å². The first-order valence-electron chi connectivity index (χ1n) is 6.98. The van der Waals surface area contributed by atoms with Crippen molar-refractivity contribution >= 4 is 0 Å². The molecular weight excluding hydrogens is 224 g/mol. The van der Waals surface area contributed by atoms with E-state index >= 15 is 0 Å². The average Bonchev–Trinajstić information content (AvgIpc) is 2.89. The third-order valence-corrected chi connectivity index (χ3v) is 4.25. The number of rotatable bonds is 6. The summed E-state index contributed by atoms with van der Waals surface area (Å²) in [6.45, 7) is 4.36. The summed E-state index contributed by atoms with van der Waals surface area (Å²) >= 11 is 0. The molecule has 100 valence electrons. The number of methoxy groups -OCH3 is 1. The molecule has 0 saturated heterocycles. The van der Waals surface area contributed by atoms with E-state index in [1.54, 1.807) is 7.11 Å². The summed E-state index contributed by atoms with van der Waals surface area (Å²) < 4.78 is 5.06. The molecule has 1 aliphatic carbocycles. The maximum atomic E-state index is 5.06. The van der Waals surface area contributed by atoms with Crippen molar-refractivity contribution in [2.75, 3.05) is 13.7 Å². The van der Waals surface area contributed by atoms with E-state index in [4.69, 9.17) is 4.74 Å². The van der Waals surface area contributed by atoms with Crippen LogP contribution in [0.5, 0.6) is 5.88 Å². The van der Waals surface area contributed by atoms with Gasteiger partial charge in [-0.25, -0.2) is 4.98 Å². The molecule has 0 atom stereocenters. The second-order valence-electron chi connectivity index (χ2n) is 5.37. The highest BCUT2D eigenvalue weighted by Crippen LogP contribution is 2.40. The summed E-state index contributed by atoms with van der Waals surface area (Å²) in [5.74, 6) is 0.680. The lowest BCUT2D eigenvalue weighted by Gasteiger charge is -2.27. The van der Waals surface area contributed by atoms with Gasteiger partial charge in [-0.05, 0) is 30.2 Å². The molecule has 1 aromatic heterocycles. The molecule has 0 bridgehead atoms. The van der Waals surface area contributed by atoms with E-state index < -0.39 is 0 Å². The van der Waals surface area contributed by atoms with Crippen LogP contribution in [-0.4, -0.2) is 18.6 Å². The molecule has 3 nitrogen and oxygen atoms in total. The van der Waals surface area contributed by atoms with E-state index in [-0.39, 0.29) is 0 Å². The molecule has 1 aliphatic rings. The largest absolute Gasteiger partial charge is 0.481 e. The second kappa shape index (κ2) is 6.19. The molecule has 1 heterocycles. The van der Waals surface area contributed by atoms with Gasteiger partial charge in [-0.15, -0.1) is 0 Å². The molecule has 0 aromatic carbocycles. The maximum absolute atomic E-state index is 5.06. The Morgan fingerprint density at radius 3 is 2.67 bits per heavy atom. The fraction of sp³-hybridized carbons (Fsp3) is 0.667. The number of aromatic nitrogens is 1. The lowest BCUT2D eigenvalue weighted by Crippen LogP contribution is -2.31. The molecule has 0 amide bonds. The summed E-state index contributed by atoms with van der Waals surface area (Å²) in [5, 5.41) is 3.59. The zero-order chi connectivity index (χ0) is 12.8. The van der Waals surface area contributed by atoms with Gasteiger partial charge in [0.2, 0.25) is 5.88 Å². The molecule has 3 heteroatoms. The lowest BCUT2D eigenvalue weighted by atomic mass is 9.83. The van der Waals surface area contributed by atoms with Gasteiger partial charge in [-0.2, -0.15) is 0 Å². The van der Waals surface area contributed by atoms with Gasteiger partial charge in [-0.1, -0.05) is 25.8 Å². The SMILES string of the molecule is CCC1(CNCc2ccc(OC)nc2)CCCC1. The quantitative estimate of drug-likeness (QED) is 0.839. The zero-order valence-corrected chi connectivity index (χ0v) is 11.5. The van der Waals surface area contributed by atoms with Crippen molar-refractivity contribution in [1.82, 2.24) is 10.3 Å². The van der Waals surface area contributed by atoms with Gasteiger partial charge in [0, 0.05) is 25.4 Å². The van der Waals surface area contributed by atoms with Crippen LogP contribution < -0.4 is 10.1 Å². The molecular formula is C15H24N2O. The molecule has 0 spiro atoms. The van der Waals surface area contributed by atoms with Crippen LogP contribution in [0.1, 0.15) is 44.6 Å². The first kappa shape index (κ1) is 13.3. The van der Waals surface area contributed by atoms with Crippen LogP contribution in [0.15, 0.2) is 18.3 Å². The average molecular weight is 248 g/mol. The minimum absolute atomic E-state index is 0.555. The number of hydrogen-bond acceptors (Lipinski definition) is 3. The molecule has 18 heavy (non-hydrogen) atoms. The van der Waals surface area contributed by atoms with Gasteiger partial charge in [0.1, 0.15) is 0 Å². The van der Waals surface area contributed by atoms with Crippen molar-refractivity contribution in [3.05, 3.63) is 23.9 Å². The van der Waals surface area contributed by atoms with Crippen LogP contribution in [-0.2, 0) is 6.54 Å². The lowest BCUT2D eigenvalue weighted by molar-refractivity contribution is 0.268. The molecule has 1 N–H and O–H groups in total. The Bertz CT molecular complexity index is 355. The highest BCUT2D eigenvalue weighted by atomic mass is 16.5. The van der Waals surface area contributed by atoms with Crippen LogP contribution >= 0.6 is 0 Å². The molecule has 0 radical (unpaired) electrons. The number of nitrogens with zero attached hydrogens (tertiary/aromatic N) is 1. The first-order valence-corrected chi connectivity index (χ1v) is 6.98. The van der Waals surface area contributed by atoms with Gasteiger partial charge in [0.05, 0.1) is 7.11 Å². The van der Waals surface area contributed by atoms with E-state index in [1.165, 1.54) is 37.7 Å². The highest BCUT2D eigenvalue weighted by molar-refractivity contribution is 5.17. The predicted molar refractivity (Wildman–Crippen MR) is 73.7 cm³/mol. The Labute approximate surface area is 110 Å². The topological polar surface area (TPSA) is 34.1 Å². The number of ether oxygens (including phenoxy) is 1. The summed E-state index contributed by atoms with van der Waals surface area (Å²) in [4.78, 5) is 4.22. The van der Waals surface area contributed by atoms with E-state index in [2.05, 4.69) is 23.3 Å². The number of pyridine rings is 1. The Morgan fingerprint density at radius 1 is 1.33 bits per heavy atom. The second-order valence-corrected chi connectivity index (χ2v) is 5.37. The fourth-order valence-corrected chi connectivity index (χ4v) is 2.89. The van der Waals surface area contributed by atoms with Crippen LogP contribution in [0.3, 0.4) is 0 Å². The standard InChI is InChI=1S/C15H24N2O/c1-3-15(8-4-5-9-15)12-16-10-13-6-7-14(18-2)17-11-13/h6-7,11,16H,3-5,8-10,12H2,1-2H3. The summed E-state index contributed by atoms with van der Waals surface area (Å²) in [7, 11) is 1.64. The van der Waals surface area contributed by atoms with E-state index in [0.29, 0.717) is 11.3 Å². The van der Waals surface area contributed by atoms with Gasteiger partial charge < -0.3 is 10.1 Å². The smallest absolute Gasteiger partial charge is 0.212 e. The summed E-state index contributed by atoms with van der Waals surface area (Å²) in [5.41, 5.74) is 1.78. The van der Waals surface area contributed by atoms with Crippen LogP contribution in [0.4, 0.5) is 0 Å². The van der Waals surface area contributed by atoms with Crippen LogP contribution in [0, 0.1) is 5.41 Å².